The summed E-state index contributed by atoms with van der Waals surface area (Å²) in [7, 11) is 0. The van der Waals surface area contributed by atoms with Gasteiger partial charge in [-0.05, 0) is 38.5 Å². The fraction of sp³-hybridized carbons (Fsp3) is 0.545. The third-order valence-corrected chi connectivity index (χ3v) is 5.16. The first-order valence-electron chi connectivity index (χ1n) is 6.01. The molecule has 2 rings (SSSR count). The van der Waals surface area contributed by atoms with E-state index in [0.717, 1.165) is 27.8 Å². The first kappa shape index (κ1) is 15.0. The number of nitrogens with one attached hydrogen (secondary N) is 1. The van der Waals surface area contributed by atoms with Gasteiger partial charge in [-0.1, -0.05) is 25.6 Å². The Morgan fingerprint density at radius 1 is 1.47 bits per heavy atom. The highest BCUT2D eigenvalue weighted by molar-refractivity contribution is 9.11. The summed E-state index contributed by atoms with van der Waals surface area (Å²) in [6.45, 7) is 5.93. The highest BCUT2D eigenvalue weighted by Crippen LogP contribution is 2.27. The average molecular weight is 362 g/mol. The molecule has 0 aliphatic heterocycles. The van der Waals surface area contributed by atoms with Crippen molar-refractivity contribution in [3.05, 3.63) is 20.8 Å². The van der Waals surface area contributed by atoms with Gasteiger partial charge in [0.25, 0.3) is 0 Å². The fourth-order valence-corrected chi connectivity index (χ4v) is 3.89. The summed E-state index contributed by atoms with van der Waals surface area (Å²) in [6, 6.07) is 4.67. The summed E-state index contributed by atoms with van der Waals surface area (Å²) < 4.78 is 3.01. The maximum atomic E-state index is 4.07. The molecule has 8 heteroatoms. The molecule has 0 unspecified atom stereocenters. The molecule has 0 aliphatic rings. The zero-order chi connectivity index (χ0) is 13.7. The lowest BCUT2D eigenvalue weighted by Crippen LogP contribution is -2.27. The van der Waals surface area contributed by atoms with E-state index in [0.29, 0.717) is 6.04 Å². The number of thiophene rings is 1. The van der Waals surface area contributed by atoms with E-state index in [1.807, 2.05) is 4.68 Å². The number of tetrazole rings is 1. The number of hydrogen-bond acceptors (Lipinski definition) is 6. The zero-order valence-electron chi connectivity index (χ0n) is 10.8. The van der Waals surface area contributed by atoms with Crippen molar-refractivity contribution in [3.8, 4) is 0 Å². The fourth-order valence-electron chi connectivity index (χ4n) is 1.46. The number of rotatable bonds is 7. The van der Waals surface area contributed by atoms with Crippen LogP contribution in [-0.2, 0) is 12.3 Å². The average Bonchev–Trinajstić information content (AvgIpc) is 2.95. The minimum Gasteiger partial charge on any atom is -0.313 e. The molecule has 0 fully saturated rings. The summed E-state index contributed by atoms with van der Waals surface area (Å²) in [5.41, 5.74) is 0. The third-order valence-electron chi connectivity index (χ3n) is 2.35. The second kappa shape index (κ2) is 7.37. The molecule has 1 N–H and O–H groups in total. The molecule has 0 spiro atoms. The molecule has 104 valence electrons. The predicted octanol–water partition coefficient (Wildman–Crippen LogP) is 2.79. The van der Waals surface area contributed by atoms with Crippen LogP contribution in [0.25, 0.3) is 0 Å². The van der Waals surface area contributed by atoms with Crippen LogP contribution in [0.5, 0.6) is 0 Å². The molecule has 0 amide bonds. The van der Waals surface area contributed by atoms with Crippen LogP contribution < -0.4 is 5.32 Å². The van der Waals surface area contributed by atoms with Crippen LogP contribution in [0.3, 0.4) is 0 Å². The van der Waals surface area contributed by atoms with Gasteiger partial charge in [-0.15, -0.1) is 16.4 Å². The van der Waals surface area contributed by atoms with Crippen LogP contribution in [0.2, 0.25) is 0 Å². The van der Waals surface area contributed by atoms with Crippen LogP contribution >= 0.6 is 39.0 Å². The highest BCUT2D eigenvalue weighted by Gasteiger charge is 2.08. The van der Waals surface area contributed by atoms with Gasteiger partial charge in [0.15, 0.2) is 0 Å². The van der Waals surface area contributed by atoms with E-state index in [4.69, 9.17) is 0 Å². The molecule has 19 heavy (non-hydrogen) atoms. The standard InChI is InChI=1S/C11H16BrN5S2/c1-8(2)13-5-6-17-11(14-15-16-17)18-7-9-3-4-10(12)19-9/h3-4,8,13H,5-7H2,1-2H3. The Bertz CT molecular complexity index is 511. The Labute approximate surface area is 129 Å². The van der Waals surface area contributed by atoms with Gasteiger partial charge in [0, 0.05) is 23.2 Å². The van der Waals surface area contributed by atoms with Crippen molar-refractivity contribution >= 4 is 39.0 Å². The third kappa shape index (κ3) is 4.87. The van der Waals surface area contributed by atoms with E-state index in [1.54, 1.807) is 23.1 Å². The Balaban J connectivity index is 1.85. The van der Waals surface area contributed by atoms with E-state index in [9.17, 15) is 0 Å². The highest BCUT2D eigenvalue weighted by atomic mass is 79.9. The summed E-state index contributed by atoms with van der Waals surface area (Å²) >= 11 is 6.88. The topological polar surface area (TPSA) is 55.6 Å². The number of nitrogens with zero attached hydrogens (tertiary/aromatic N) is 4. The minimum atomic E-state index is 0.482. The van der Waals surface area contributed by atoms with Crippen LogP contribution in [0.1, 0.15) is 18.7 Å². The lowest BCUT2D eigenvalue weighted by Gasteiger charge is -2.08. The van der Waals surface area contributed by atoms with E-state index >= 15 is 0 Å². The van der Waals surface area contributed by atoms with Crippen molar-refractivity contribution in [2.45, 2.75) is 37.3 Å². The Morgan fingerprint density at radius 3 is 3.00 bits per heavy atom. The Kier molecular flexibility index (Phi) is 5.80. The minimum absolute atomic E-state index is 0.482. The molecule has 2 aromatic heterocycles. The van der Waals surface area contributed by atoms with Gasteiger partial charge in [0.2, 0.25) is 5.16 Å². The zero-order valence-corrected chi connectivity index (χ0v) is 14.1. The van der Waals surface area contributed by atoms with Crippen LogP contribution in [0.15, 0.2) is 21.1 Å². The second-order valence-corrected chi connectivity index (χ2v) is 7.78. The Hall–Kier alpha value is -0.440. The number of halogens is 1. The van der Waals surface area contributed by atoms with Crippen molar-refractivity contribution < 1.29 is 0 Å². The number of aromatic nitrogens is 4. The normalized spacial score (nSPS) is 11.4. The molecular formula is C11H16BrN5S2. The van der Waals surface area contributed by atoms with Gasteiger partial charge in [-0.25, -0.2) is 4.68 Å². The molecular weight excluding hydrogens is 346 g/mol. The lowest BCUT2D eigenvalue weighted by atomic mass is 10.4. The van der Waals surface area contributed by atoms with E-state index < -0.39 is 0 Å². The largest absolute Gasteiger partial charge is 0.313 e. The summed E-state index contributed by atoms with van der Waals surface area (Å²) in [5.74, 6) is 0.897. The maximum absolute atomic E-state index is 4.07. The van der Waals surface area contributed by atoms with Crippen molar-refractivity contribution in [1.29, 1.82) is 0 Å². The van der Waals surface area contributed by atoms with Crippen LogP contribution in [0, 0.1) is 0 Å². The number of thioether (sulfide) groups is 1. The molecule has 0 saturated carbocycles. The SMILES string of the molecule is CC(C)NCCn1nnnc1SCc1ccc(Br)s1. The monoisotopic (exact) mass is 361 g/mol. The van der Waals surface area contributed by atoms with E-state index in [1.165, 1.54) is 4.88 Å². The van der Waals surface area contributed by atoms with Gasteiger partial charge in [-0.2, -0.15) is 0 Å². The van der Waals surface area contributed by atoms with E-state index in [2.05, 4.69) is 62.8 Å². The molecule has 0 bridgehead atoms. The second-order valence-electron chi connectivity index (χ2n) is 4.29. The first-order valence-corrected chi connectivity index (χ1v) is 8.61. The van der Waals surface area contributed by atoms with E-state index in [-0.39, 0.29) is 0 Å². The summed E-state index contributed by atoms with van der Waals surface area (Å²) in [4.78, 5) is 1.31. The van der Waals surface area contributed by atoms with Crippen molar-refractivity contribution in [3.63, 3.8) is 0 Å². The van der Waals surface area contributed by atoms with Gasteiger partial charge in [0.05, 0.1) is 10.3 Å². The smallest absolute Gasteiger partial charge is 0.209 e. The van der Waals surface area contributed by atoms with Crippen LogP contribution in [-0.4, -0.2) is 32.8 Å². The lowest BCUT2D eigenvalue weighted by molar-refractivity contribution is 0.485. The molecule has 0 atom stereocenters. The van der Waals surface area contributed by atoms with Crippen molar-refractivity contribution in [2.24, 2.45) is 0 Å². The summed E-state index contributed by atoms with van der Waals surface area (Å²) in [6.07, 6.45) is 0. The van der Waals surface area contributed by atoms with Gasteiger partial charge < -0.3 is 5.32 Å². The molecule has 2 heterocycles. The molecule has 0 aromatic carbocycles. The molecule has 0 aliphatic carbocycles. The van der Waals surface area contributed by atoms with Crippen LogP contribution in [0.4, 0.5) is 0 Å². The predicted molar refractivity (Wildman–Crippen MR) is 82.5 cm³/mol. The van der Waals surface area contributed by atoms with Gasteiger partial charge in [0.1, 0.15) is 0 Å². The molecule has 5 nitrogen and oxygen atoms in total. The Morgan fingerprint density at radius 2 is 2.32 bits per heavy atom. The summed E-state index contributed by atoms with van der Waals surface area (Å²) in [5, 5.41) is 16.1. The quantitative estimate of drug-likeness (QED) is 0.768. The number of hydrogen-bond donors (Lipinski definition) is 1. The van der Waals surface area contributed by atoms with Gasteiger partial charge in [-0.3, -0.25) is 0 Å². The first-order chi connectivity index (χ1) is 9.15. The molecule has 0 radical (unpaired) electrons. The maximum Gasteiger partial charge on any atom is 0.209 e. The molecule has 0 saturated heterocycles. The molecule has 2 aromatic rings. The van der Waals surface area contributed by atoms with Crippen molar-refractivity contribution in [2.75, 3.05) is 6.54 Å². The van der Waals surface area contributed by atoms with Crippen molar-refractivity contribution in [1.82, 2.24) is 25.5 Å². The van der Waals surface area contributed by atoms with Gasteiger partial charge >= 0.3 is 0 Å².